The maximum atomic E-state index is 12.1. The maximum Gasteiger partial charge on any atom is 0.303 e. The van der Waals surface area contributed by atoms with Gasteiger partial charge in [0.2, 0.25) is 5.91 Å². The van der Waals surface area contributed by atoms with Crippen molar-refractivity contribution in [2.75, 3.05) is 12.4 Å². The molecule has 132 valence electrons. The van der Waals surface area contributed by atoms with Crippen molar-refractivity contribution in [2.45, 2.75) is 32.1 Å². The SMILES string of the molecule is COc1ccc(CCCC(=O)Nc2cccc(CCC(=O)O)c2)cc1. The number of rotatable bonds is 9. The number of benzene rings is 2. The fourth-order valence-corrected chi connectivity index (χ4v) is 2.52. The number of nitrogens with one attached hydrogen (secondary N) is 1. The molecule has 0 spiro atoms. The van der Waals surface area contributed by atoms with Crippen LogP contribution in [-0.4, -0.2) is 24.1 Å². The number of methoxy groups -OCH3 is 1. The molecule has 0 fully saturated rings. The Morgan fingerprint density at radius 2 is 1.76 bits per heavy atom. The lowest BCUT2D eigenvalue weighted by Crippen LogP contribution is -2.11. The number of amides is 1. The van der Waals surface area contributed by atoms with E-state index in [1.54, 1.807) is 7.11 Å². The average Bonchev–Trinajstić information content (AvgIpc) is 2.61. The zero-order valence-electron chi connectivity index (χ0n) is 14.3. The molecule has 0 bridgehead atoms. The van der Waals surface area contributed by atoms with Crippen LogP contribution in [0.2, 0.25) is 0 Å². The van der Waals surface area contributed by atoms with E-state index < -0.39 is 5.97 Å². The summed E-state index contributed by atoms with van der Waals surface area (Å²) in [5.74, 6) is -0.0406. The van der Waals surface area contributed by atoms with Gasteiger partial charge < -0.3 is 15.2 Å². The second-order valence-corrected chi connectivity index (χ2v) is 5.84. The molecule has 2 aromatic carbocycles. The number of hydrogen-bond acceptors (Lipinski definition) is 3. The van der Waals surface area contributed by atoms with Gasteiger partial charge in [0.15, 0.2) is 0 Å². The molecule has 5 heteroatoms. The van der Waals surface area contributed by atoms with Gasteiger partial charge >= 0.3 is 5.97 Å². The lowest BCUT2D eigenvalue weighted by molar-refractivity contribution is -0.137. The quantitative estimate of drug-likeness (QED) is 0.729. The predicted molar refractivity (Wildman–Crippen MR) is 97.0 cm³/mol. The topological polar surface area (TPSA) is 75.6 Å². The van der Waals surface area contributed by atoms with Crippen LogP contribution in [0.1, 0.15) is 30.4 Å². The van der Waals surface area contributed by atoms with Crippen molar-refractivity contribution in [3.63, 3.8) is 0 Å². The summed E-state index contributed by atoms with van der Waals surface area (Å²) in [5.41, 5.74) is 2.78. The summed E-state index contributed by atoms with van der Waals surface area (Å²) in [6.07, 6.45) is 2.56. The number of anilines is 1. The van der Waals surface area contributed by atoms with Crippen molar-refractivity contribution >= 4 is 17.6 Å². The maximum absolute atomic E-state index is 12.1. The Balaban J connectivity index is 1.77. The molecule has 0 aliphatic rings. The Morgan fingerprint density at radius 1 is 1.00 bits per heavy atom. The van der Waals surface area contributed by atoms with Crippen molar-refractivity contribution in [3.05, 3.63) is 59.7 Å². The molecule has 0 unspecified atom stereocenters. The third-order valence-corrected chi connectivity index (χ3v) is 3.87. The second-order valence-electron chi connectivity index (χ2n) is 5.84. The summed E-state index contributed by atoms with van der Waals surface area (Å²) < 4.78 is 5.12. The normalized spacial score (nSPS) is 10.3. The number of aliphatic carboxylic acids is 1. The summed E-state index contributed by atoms with van der Waals surface area (Å²) in [6.45, 7) is 0. The zero-order chi connectivity index (χ0) is 18.1. The molecule has 0 radical (unpaired) electrons. The summed E-state index contributed by atoms with van der Waals surface area (Å²) in [5, 5.41) is 11.6. The van der Waals surface area contributed by atoms with Crippen molar-refractivity contribution < 1.29 is 19.4 Å². The molecule has 2 N–H and O–H groups in total. The Morgan fingerprint density at radius 3 is 2.44 bits per heavy atom. The first kappa shape index (κ1) is 18.5. The van der Waals surface area contributed by atoms with Gasteiger partial charge in [0.1, 0.15) is 5.75 Å². The highest BCUT2D eigenvalue weighted by molar-refractivity contribution is 5.90. The third-order valence-electron chi connectivity index (χ3n) is 3.87. The van der Waals surface area contributed by atoms with Gasteiger partial charge in [-0.05, 0) is 54.7 Å². The minimum absolute atomic E-state index is 0.0381. The van der Waals surface area contributed by atoms with Gasteiger partial charge in [-0.2, -0.15) is 0 Å². The van der Waals surface area contributed by atoms with Gasteiger partial charge in [-0.15, -0.1) is 0 Å². The minimum Gasteiger partial charge on any atom is -0.497 e. The number of carboxylic acids is 1. The molecule has 2 aromatic rings. The van der Waals surface area contributed by atoms with Gasteiger partial charge in [0.05, 0.1) is 7.11 Å². The van der Waals surface area contributed by atoms with Crippen LogP contribution in [-0.2, 0) is 22.4 Å². The smallest absolute Gasteiger partial charge is 0.303 e. The molecular weight excluding hydrogens is 318 g/mol. The van der Waals surface area contributed by atoms with E-state index in [-0.39, 0.29) is 12.3 Å². The largest absolute Gasteiger partial charge is 0.497 e. The molecule has 0 saturated carbocycles. The van der Waals surface area contributed by atoms with Crippen LogP contribution in [0.4, 0.5) is 5.69 Å². The molecule has 5 nitrogen and oxygen atoms in total. The van der Waals surface area contributed by atoms with Crippen LogP contribution in [0, 0.1) is 0 Å². The zero-order valence-corrected chi connectivity index (χ0v) is 14.3. The number of hydrogen-bond donors (Lipinski definition) is 2. The van der Waals surface area contributed by atoms with E-state index in [1.807, 2.05) is 48.5 Å². The van der Waals surface area contributed by atoms with E-state index >= 15 is 0 Å². The lowest BCUT2D eigenvalue weighted by Gasteiger charge is -2.07. The standard InChI is InChI=1S/C20H23NO4/c1-25-18-11-8-15(9-12-18)4-3-7-19(22)21-17-6-2-5-16(14-17)10-13-20(23)24/h2,5-6,8-9,11-12,14H,3-4,7,10,13H2,1H3,(H,21,22)(H,23,24). The van der Waals surface area contributed by atoms with Crippen LogP contribution in [0.5, 0.6) is 5.75 Å². The van der Waals surface area contributed by atoms with Gasteiger partial charge in [-0.3, -0.25) is 9.59 Å². The highest BCUT2D eigenvalue weighted by Crippen LogP contribution is 2.15. The Hall–Kier alpha value is -2.82. The highest BCUT2D eigenvalue weighted by Gasteiger charge is 2.05. The molecule has 0 heterocycles. The van der Waals surface area contributed by atoms with Crippen molar-refractivity contribution in [3.8, 4) is 5.75 Å². The van der Waals surface area contributed by atoms with Crippen LogP contribution < -0.4 is 10.1 Å². The fourth-order valence-electron chi connectivity index (χ4n) is 2.52. The Bertz CT molecular complexity index is 710. The monoisotopic (exact) mass is 341 g/mol. The fraction of sp³-hybridized carbons (Fsp3) is 0.300. The molecule has 25 heavy (non-hydrogen) atoms. The average molecular weight is 341 g/mol. The summed E-state index contributed by atoms with van der Waals surface area (Å²) in [7, 11) is 1.63. The molecule has 0 aliphatic carbocycles. The summed E-state index contributed by atoms with van der Waals surface area (Å²) in [6, 6.07) is 15.2. The van der Waals surface area contributed by atoms with E-state index in [4.69, 9.17) is 9.84 Å². The van der Waals surface area contributed by atoms with E-state index in [1.165, 1.54) is 5.56 Å². The van der Waals surface area contributed by atoms with Gasteiger partial charge in [-0.1, -0.05) is 24.3 Å². The van der Waals surface area contributed by atoms with Gasteiger partial charge in [0, 0.05) is 18.5 Å². The Kier molecular flexibility index (Phi) is 7.01. The van der Waals surface area contributed by atoms with E-state index in [9.17, 15) is 9.59 Å². The lowest BCUT2D eigenvalue weighted by atomic mass is 10.1. The molecule has 2 rings (SSSR count). The van der Waals surface area contributed by atoms with Crippen molar-refractivity contribution in [1.82, 2.24) is 0 Å². The van der Waals surface area contributed by atoms with Crippen molar-refractivity contribution in [1.29, 1.82) is 0 Å². The van der Waals surface area contributed by atoms with E-state index in [2.05, 4.69) is 5.32 Å². The van der Waals surface area contributed by atoms with Crippen LogP contribution in [0.25, 0.3) is 0 Å². The first-order valence-corrected chi connectivity index (χ1v) is 8.30. The first-order valence-electron chi connectivity index (χ1n) is 8.30. The summed E-state index contributed by atoms with van der Waals surface area (Å²) >= 11 is 0. The van der Waals surface area contributed by atoms with Crippen LogP contribution in [0.15, 0.2) is 48.5 Å². The molecule has 0 aliphatic heterocycles. The number of aryl methyl sites for hydroxylation is 2. The molecule has 0 atom stereocenters. The van der Waals surface area contributed by atoms with E-state index in [0.717, 1.165) is 24.2 Å². The molecule has 0 aromatic heterocycles. The minimum atomic E-state index is -0.826. The van der Waals surface area contributed by atoms with E-state index in [0.29, 0.717) is 18.5 Å². The summed E-state index contributed by atoms with van der Waals surface area (Å²) in [4.78, 5) is 22.7. The Labute approximate surface area is 147 Å². The predicted octanol–water partition coefficient (Wildman–Crippen LogP) is 3.67. The first-order chi connectivity index (χ1) is 12.1. The van der Waals surface area contributed by atoms with Crippen LogP contribution >= 0.6 is 0 Å². The van der Waals surface area contributed by atoms with Gasteiger partial charge in [0.25, 0.3) is 0 Å². The van der Waals surface area contributed by atoms with Crippen LogP contribution in [0.3, 0.4) is 0 Å². The molecular formula is C20H23NO4. The molecule has 1 amide bonds. The number of carboxylic acid groups (broad SMARTS) is 1. The second kappa shape index (κ2) is 9.47. The third kappa shape index (κ3) is 6.67. The van der Waals surface area contributed by atoms with Gasteiger partial charge in [-0.25, -0.2) is 0 Å². The number of ether oxygens (including phenoxy) is 1. The number of carbonyl (C=O) groups is 2. The molecule has 0 saturated heterocycles. The van der Waals surface area contributed by atoms with Crippen molar-refractivity contribution in [2.24, 2.45) is 0 Å². The highest BCUT2D eigenvalue weighted by atomic mass is 16.5. The number of carbonyl (C=O) groups excluding carboxylic acids is 1.